The van der Waals surface area contributed by atoms with Crippen molar-refractivity contribution in [1.82, 2.24) is 10.2 Å². The molecule has 0 atom stereocenters. The lowest BCUT2D eigenvalue weighted by atomic mass is 10.0. The average molecular weight is 403 g/mol. The minimum Gasteiger partial charge on any atom is -0.489 e. The number of halogens is 1. The van der Waals surface area contributed by atoms with Gasteiger partial charge in [-0.3, -0.25) is 0 Å². The van der Waals surface area contributed by atoms with E-state index in [1.54, 1.807) is 0 Å². The van der Waals surface area contributed by atoms with Gasteiger partial charge in [0.25, 0.3) is 0 Å². The van der Waals surface area contributed by atoms with Crippen LogP contribution < -0.4 is 10.1 Å². The van der Waals surface area contributed by atoms with Crippen LogP contribution in [0.3, 0.4) is 0 Å². The summed E-state index contributed by atoms with van der Waals surface area (Å²) in [6.45, 7) is 5.96. The van der Waals surface area contributed by atoms with Crippen molar-refractivity contribution in [1.29, 1.82) is 0 Å². The maximum atomic E-state index is 6.11. The third-order valence-electron chi connectivity index (χ3n) is 4.82. The third kappa shape index (κ3) is 5.56. The van der Waals surface area contributed by atoms with Crippen molar-refractivity contribution >= 4 is 15.9 Å². The van der Waals surface area contributed by atoms with Gasteiger partial charge in [-0.1, -0.05) is 45.8 Å². The van der Waals surface area contributed by atoms with E-state index in [9.17, 15) is 0 Å². The van der Waals surface area contributed by atoms with Crippen molar-refractivity contribution in [2.24, 2.45) is 0 Å². The van der Waals surface area contributed by atoms with Crippen LogP contribution in [0.1, 0.15) is 29.5 Å². The topological polar surface area (TPSA) is 24.5 Å². The minimum atomic E-state index is 0.595. The molecule has 1 N–H and O–H groups in total. The molecule has 0 bridgehead atoms. The quantitative estimate of drug-likeness (QED) is 0.768. The normalized spacial score (nSPS) is 16.1. The van der Waals surface area contributed by atoms with Crippen molar-refractivity contribution in [3.05, 3.63) is 63.6 Å². The Bertz CT molecular complexity index is 679. The maximum Gasteiger partial charge on any atom is 0.124 e. The van der Waals surface area contributed by atoms with Crippen LogP contribution in [0.25, 0.3) is 0 Å². The molecule has 134 valence electrons. The molecule has 2 aromatic carbocycles. The number of hydrogen-bond acceptors (Lipinski definition) is 3. The van der Waals surface area contributed by atoms with E-state index >= 15 is 0 Å². The van der Waals surface area contributed by atoms with E-state index in [-0.39, 0.29) is 0 Å². The van der Waals surface area contributed by atoms with Crippen molar-refractivity contribution in [3.63, 3.8) is 0 Å². The zero-order valence-corrected chi connectivity index (χ0v) is 16.7. The second-order valence-corrected chi connectivity index (χ2v) is 7.90. The van der Waals surface area contributed by atoms with Crippen molar-refractivity contribution in [2.75, 3.05) is 20.1 Å². The summed E-state index contributed by atoms with van der Waals surface area (Å²) in [5, 5.41) is 3.72. The van der Waals surface area contributed by atoms with Gasteiger partial charge in [-0.2, -0.15) is 0 Å². The lowest BCUT2D eigenvalue weighted by molar-refractivity contribution is 0.233. The maximum absolute atomic E-state index is 6.11. The molecule has 25 heavy (non-hydrogen) atoms. The zero-order valence-electron chi connectivity index (χ0n) is 15.1. The Kier molecular flexibility index (Phi) is 6.51. The first-order valence-corrected chi connectivity index (χ1v) is 9.78. The van der Waals surface area contributed by atoms with E-state index in [0.717, 1.165) is 16.8 Å². The van der Waals surface area contributed by atoms with Crippen LogP contribution in [0.5, 0.6) is 5.75 Å². The molecule has 1 aliphatic heterocycles. The summed E-state index contributed by atoms with van der Waals surface area (Å²) in [5.74, 6) is 0.981. The smallest absolute Gasteiger partial charge is 0.124 e. The molecule has 0 saturated carbocycles. The van der Waals surface area contributed by atoms with Crippen LogP contribution in [0.2, 0.25) is 0 Å². The molecule has 0 aliphatic carbocycles. The first-order valence-electron chi connectivity index (χ1n) is 8.99. The number of ether oxygens (including phenoxy) is 1. The number of likely N-dealkylation sites (tertiary alicyclic amines) is 1. The van der Waals surface area contributed by atoms with Crippen molar-refractivity contribution in [2.45, 2.75) is 39.0 Å². The standard InChI is InChI=1S/C21H27BrN2O/c1-16-3-8-21(25-15-17-4-6-19(22)7-5-17)18(13-16)14-23-20-9-11-24(2)12-10-20/h3-8,13,20,23H,9-12,14-15H2,1-2H3. The predicted molar refractivity (Wildman–Crippen MR) is 107 cm³/mol. The molecule has 0 unspecified atom stereocenters. The summed E-state index contributed by atoms with van der Waals surface area (Å²) in [6.07, 6.45) is 2.44. The SMILES string of the molecule is Cc1ccc(OCc2ccc(Br)cc2)c(CNC2CCN(C)CC2)c1. The van der Waals surface area contributed by atoms with Gasteiger partial charge in [0.05, 0.1) is 0 Å². The highest BCUT2D eigenvalue weighted by Crippen LogP contribution is 2.22. The summed E-state index contributed by atoms with van der Waals surface area (Å²) in [4.78, 5) is 2.40. The Morgan fingerprint density at radius 3 is 2.56 bits per heavy atom. The van der Waals surface area contributed by atoms with E-state index in [1.165, 1.54) is 42.6 Å². The molecule has 3 nitrogen and oxygen atoms in total. The lowest BCUT2D eigenvalue weighted by Gasteiger charge is -2.29. The molecular formula is C21H27BrN2O. The molecule has 0 radical (unpaired) electrons. The van der Waals surface area contributed by atoms with Crippen LogP contribution in [0.4, 0.5) is 0 Å². The summed E-state index contributed by atoms with van der Waals surface area (Å²) in [7, 11) is 2.20. The van der Waals surface area contributed by atoms with Crippen LogP contribution in [0.15, 0.2) is 46.9 Å². The van der Waals surface area contributed by atoms with E-state index in [0.29, 0.717) is 12.6 Å². The van der Waals surface area contributed by atoms with Crippen LogP contribution in [0, 0.1) is 6.92 Å². The molecule has 3 rings (SSSR count). The van der Waals surface area contributed by atoms with Gasteiger partial charge in [-0.25, -0.2) is 0 Å². The van der Waals surface area contributed by atoms with E-state index in [2.05, 4.69) is 82.6 Å². The Labute approximate surface area is 159 Å². The number of benzene rings is 2. The molecule has 4 heteroatoms. The molecule has 1 heterocycles. The molecule has 0 spiro atoms. The number of rotatable bonds is 6. The molecule has 0 amide bonds. The predicted octanol–water partition coefficient (Wildman–Crippen LogP) is 4.52. The molecule has 0 aromatic heterocycles. The highest BCUT2D eigenvalue weighted by molar-refractivity contribution is 9.10. The summed E-state index contributed by atoms with van der Waals surface area (Å²) < 4.78 is 7.20. The Balaban J connectivity index is 1.60. The van der Waals surface area contributed by atoms with Gasteiger partial charge < -0.3 is 15.0 Å². The van der Waals surface area contributed by atoms with Gasteiger partial charge in [-0.15, -0.1) is 0 Å². The van der Waals surface area contributed by atoms with Crippen LogP contribution in [-0.4, -0.2) is 31.1 Å². The monoisotopic (exact) mass is 402 g/mol. The fourth-order valence-electron chi connectivity index (χ4n) is 3.20. The van der Waals surface area contributed by atoms with Gasteiger partial charge in [-0.05, 0) is 63.7 Å². The third-order valence-corrected chi connectivity index (χ3v) is 5.35. The molecule has 2 aromatic rings. The Hall–Kier alpha value is -1.36. The molecular weight excluding hydrogens is 376 g/mol. The molecule has 1 aliphatic rings. The second-order valence-electron chi connectivity index (χ2n) is 6.98. The minimum absolute atomic E-state index is 0.595. The number of hydrogen-bond donors (Lipinski definition) is 1. The van der Waals surface area contributed by atoms with Crippen LogP contribution >= 0.6 is 15.9 Å². The van der Waals surface area contributed by atoms with Gasteiger partial charge in [0, 0.05) is 22.6 Å². The van der Waals surface area contributed by atoms with Crippen molar-refractivity contribution in [3.8, 4) is 5.75 Å². The first-order chi connectivity index (χ1) is 12.1. The number of nitrogens with one attached hydrogen (secondary N) is 1. The van der Waals surface area contributed by atoms with Crippen LogP contribution in [-0.2, 0) is 13.2 Å². The van der Waals surface area contributed by atoms with E-state index in [4.69, 9.17) is 4.74 Å². The summed E-state index contributed by atoms with van der Waals surface area (Å²) in [6, 6.07) is 15.3. The van der Waals surface area contributed by atoms with Gasteiger partial charge in [0.2, 0.25) is 0 Å². The zero-order chi connectivity index (χ0) is 17.6. The van der Waals surface area contributed by atoms with Crippen molar-refractivity contribution < 1.29 is 4.74 Å². The average Bonchev–Trinajstić information content (AvgIpc) is 2.62. The number of piperidine rings is 1. The van der Waals surface area contributed by atoms with Gasteiger partial charge in [0.15, 0.2) is 0 Å². The van der Waals surface area contributed by atoms with Gasteiger partial charge in [0.1, 0.15) is 12.4 Å². The highest BCUT2D eigenvalue weighted by atomic mass is 79.9. The molecule has 1 fully saturated rings. The molecule has 1 saturated heterocycles. The first kappa shape index (κ1) is 18.4. The lowest BCUT2D eigenvalue weighted by Crippen LogP contribution is -2.40. The van der Waals surface area contributed by atoms with Gasteiger partial charge >= 0.3 is 0 Å². The Morgan fingerprint density at radius 2 is 1.84 bits per heavy atom. The fraction of sp³-hybridized carbons (Fsp3) is 0.429. The Morgan fingerprint density at radius 1 is 1.12 bits per heavy atom. The highest BCUT2D eigenvalue weighted by Gasteiger charge is 2.16. The number of aryl methyl sites for hydroxylation is 1. The second kappa shape index (κ2) is 8.84. The largest absolute Gasteiger partial charge is 0.489 e. The fourth-order valence-corrected chi connectivity index (χ4v) is 3.46. The number of nitrogens with zero attached hydrogens (tertiary/aromatic N) is 1. The summed E-state index contributed by atoms with van der Waals surface area (Å²) in [5.41, 5.74) is 3.70. The van der Waals surface area contributed by atoms with E-state index in [1.807, 2.05) is 0 Å². The summed E-state index contributed by atoms with van der Waals surface area (Å²) >= 11 is 3.47. The van der Waals surface area contributed by atoms with E-state index < -0.39 is 0 Å².